The quantitative estimate of drug-likeness (QED) is 0.780. The van der Waals surface area contributed by atoms with Crippen LogP contribution in [0.3, 0.4) is 0 Å². The molecule has 2 atom stereocenters. The number of pyridine rings is 1. The molecule has 1 aromatic heterocycles. The van der Waals surface area contributed by atoms with Crippen molar-refractivity contribution in [2.75, 3.05) is 6.61 Å². The Morgan fingerprint density at radius 3 is 2.81 bits per heavy atom. The minimum Gasteiger partial charge on any atom is -0.493 e. The van der Waals surface area contributed by atoms with E-state index in [1.54, 1.807) is 6.20 Å². The topological polar surface area (TPSA) is 42.4 Å². The second-order valence-corrected chi connectivity index (χ2v) is 5.35. The average Bonchev–Trinajstić information content (AvgIpc) is 2.98. The minimum atomic E-state index is -0.618. The summed E-state index contributed by atoms with van der Waals surface area (Å²) >= 11 is 0. The first-order valence-electron chi connectivity index (χ1n) is 7.07. The Bertz CT molecular complexity index is 795. The molecule has 0 saturated heterocycles. The lowest BCUT2D eigenvalue weighted by Gasteiger charge is -2.19. The van der Waals surface area contributed by atoms with Crippen molar-refractivity contribution < 1.29 is 9.84 Å². The number of fused-ring (bicyclic) bond motifs is 2. The van der Waals surface area contributed by atoms with Crippen molar-refractivity contribution in [2.24, 2.45) is 0 Å². The van der Waals surface area contributed by atoms with Crippen LogP contribution >= 0.6 is 0 Å². The smallest absolute Gasteiger partial charge is 0.123 e. The standard InChI is InChI=1S/C18H15NO2/c20-18(16-11-21-17-8-4-3-7-14(16)17)15-10-19-9-12-5-1-2-6-13(12)15/h1-10,16,18,20H,11H2. The van der Waals surface area contributed by atoms with E-state index in [4.69, 9.17) is 4.74 Å². The molecule has 0 aliphatic carbocycles. The molecule has 3 nitrogen and oxygen atoms in total. The summed E-state index contributed by atoms with van der Waals surface area (Å²) < 4.78 is 5.69. The van der Waals surface area contributed by atoms with E-state index in [2.05, 4.69) is 4.98 Å². The first-order valence-corrected chi connectivity index (χ1v) is 7.07. The molecule has 1 aliphatic heterocycles. The molecule has 0 radical (unpaired) electrons. The Kier molecular flexibility index (Phi) is 2.86. The molecule has 4 rings (SSSR count). The van der Waals surface area contributed by atoms with Crippen LogP contribution in [0.5, 0.6) is 5.75 Å². The SMILES string of the molecule is OC(c1cncc2ccccc12)C1COc2ccccc21. The van der Waals surface area contributed by atoms with Crippen molar-refractivity contribution in [3.05, 3.63) is 72.1 Å². The summed E-state index contributed by atoms with van der Waals surface area (Å²) in [6, 6.07) is 15.9. The lowest BCUT2D eigenvalue weighted by atomic mass is 9.89. The maximum atomic E-state index is 10.8. The van der Waals surface area contributed by atoms with Crippen molar-refractivity contribution in [1.29, 1.82) is 0 Å². The van der Waals surface area contributed by atoms with Crippen molar-refractivity contribution in [3.63, 3.8) is 0 Å². The molecule has 2 aromatic carbocycles. The molecule has 2 heterocycles. The molecular formula is C18H15NO2. The van der Waals surface area contributed by atoms with Gasteiger partial charge in [-0.25, -0.2) is 0 Å². The molecule has 104 valence electrons. The largest absolute Gasteiger partial charge is 0.493 e. The van der Waals surface area contributed by atoms with Crippen LogP contribution in [0.25, 0.3) is 10.8 Å². The zero-order valence-corrected chi connectivity index (χ0v) is 11.4. The molecule has 2 unspecified atom stereocenters. The number of ether oxygens (including phenoxy) is 1. The van der Waals surface area contributed by atoms with Gasteiger partial charge >= 0.3 is 0 Å². The second kappa shape index (κ2) is 4.86. The Morgan fingerprint density at radius 2 is 1.86 bits per heavy atom. The van der Waals surface area contributed by atoms with Crippen molar-refractivity contribution in [2.45, 2.75) is 12.0 Å². The summed E-state index contributed by atoms with van der Waals surface area (Å²) in [6.45, 7) is 0.504. The van der Waals surface area contributed by atoms with E-state index in [9.17, 15) is 5.11 Å². The van der Waals surface area contributed by atoms with Gasteiger partial charge in [0, 0.05) is 28.9 Å². The van der Waals surface area contributed by atoms with Gasteiger partial charge in [-0.15, -0.1) is 0 Å². The summed E-state index contributed by atoms with van der Waals surface area (Å²) in [5.41, 5.74) is 1.93. The molecule has 1 aliphatic rings. The molecule has 1 N–H and O–H groups in total. The van der Waals surface area contributed by atoms with Crippen LogP contribution in [0.4, 0.5) is 0 Å². The third kappa shape index (κ3) is 1.98. The first kappa shape index (κ1) is 12.4. The zero-order valence-electron chi connectivity index (χ0n) is 11.4. The predicted molar refractivity (Wildman–Crippen MR) is 81.4 cm³/mol. The molecule has 0 spiro atoms. The first-order chi connectivity index (χ1) is 10.3. The number of aliphatic hydroxyl groups excluding tert-OH is 1. The van der Waals surface area contributed by atoms with Crippen LogP contribution in [0.1, 0.15) is 23.1 Å². The zero-order chi connectivity index (χ0) is 14.2. The van der Waals surface area contributed by atoms with Crippen LogP contribution in [-0.4, -0.2) is 16.7 Å². The molecule has 0 amide bonds. The van der Waals surface area contributed by atoms with Crippen molar-refractivity contribution in [3.8, 4) is 5.75 Å². The summed E-state index contributed by atoms with van der Waals surface area (Å²) in [7, 11) is 0. The average molecular weight is 277 g/mol. The van der Waals surface area contributed by atoms with E-state index < -0.39 is 6.10 Å². The van der Waals surface area contributed by atoms with Gasteiger partial charge in [-0.3, -0.25) is 4.98 Å². The highest BCUT2D eigenvalue weighted by Crippen LogP contribution is 2.42. The van der Waals surface area contributed by atoms with Crippen molar-refractivity contribution >= 4 is 10.8 Å². The fourth-order valence-electron chi connectivity index (χ4n) is 3.04. The normalized spacial score (nSPS) is 18.2. The maximum absolute atomic E-state index is 10.8. The molecule has 0 saturated carbocycles. The highest BCUT2D eigenvalue weighted by molar-refractivity contribution is 5.85. The Labute approximate surface area is 122 Å². The summed E-state index contributed by atoms with van der Waals surface area (Å²) in [4.78, 5) is 4.26. The van der Waals surface area contributed by atoms with Crippen molar-refractivity contribution in [1.82, 2.24) is 4.98 Å². The van der Waals surface area contributed by atoms with E-state index in [1.807, 2.05) is 54.7 Å². The van der Waals surface area contributed by atoms with E-state index in [1.165, 1.54) is 0 Å². The molecule has 3 aromatic rings. The minimum absolute atomic E-state index is 0.0474. The number of nitrogens with zero attached hydrogens (tertiary/aromatic N) is 1. The van der Waals surface area contributed by atoms with Gasteiger partial charge in [-0.2, -0.15) is 0 Å². The van der Waals surface area contributed by atoms with E-state index in [-0.39, 0.29) is 5.92 Å². The van der Waals surface area contributed by atoms with Gasteiger partial charge < -0.3 is 9.84 Å². The van der Waals surface area contributed by atoms with Crippen LogP contribution in [-0.2, 0) is 0 Å². The Hall–Kier alpha value is -2.39. The van der Waals surface area contributed by atoms with Crippen LogP contribution in [0.2, 0.25) is 0 Å². The highest BCUT2D eigenvalue weighted by Gasteiger charge is 2.31. The summed E-state index contributed by atoms with van der Waals surface area (Å²) in [5, 5.41) is 12.9. The molecule has 0 bridgehead atoms. The van der Waals surface area contributed by atoms with Crippen LogP contribution in [0, 0.1) is 0 Å². The van der Waals surface area contributed by atoms with E-state index >= 15 is 0 Å². The number of aliphatic hydroxyl groups is 1. The lowest BCUT2D eigenvalue weighted by molar-refractivity contribution is 0.131. The van der Waals surface area contributed by atoms with Gasteiger partial charge in [0.15, 0.2) is 0 Å². The summed E-state index contributed by atoms with van der Waals surface area (Å²) in [6.07, 6.45) is 2.96. The van der Waals surface area contributed by atoms with Crippen LogP contribution < -0.4 is 4.74 Å². The monoisotopic (exact) mass is 277 g/mol. The molecule has 21 heavy (non-hydrogen) atoms. The van der Waals surface area contributed by atoms with Gasteiger partial charge in [0.25, 0.3) is 0 Å². The molecule has 3 heteroatoms. The Morgan fingerprint density at radius 1 is 1.05 bits per heavy atom. The van der Waals surface area contributed by atoms with E-state index in [0.29, 0.717) is 6.61 Å². The maximum Gasteiger partial charge on any atom is 0.123 e. The predicted octanol–water partition coefficient (Wildman–Crippen LogP) is 3.44. The fraction of sp³-hybridized carbons (Fsp3) is 0.167. The summed E-state index contributed by atoms with van der Waals surface area (Å²) in [5.74, 6) is 0.823. The lowest BCUT2D eigenvalue weighted by Crippen LogP contribution is -2.13. The molecule has 0 fully saturated rings. The fourth-order valence-corrected chi connectivity index (χ4v) is 3.04. The number of aromatic nitrogens is 1. The second-order valence-electron chi connectivity index (χ2n) is 5.35. The molecular weight excluding hydrogens is 262 g/mol. The van der Waals surface area contributed by atoms with Gasteiger partial charge in [0.05, 0.1) is 18.6 Å². The number of hydrogen-bond donors (Lipinski definition) is 1. The third-order valence-corrected chi connectivity index (χ3v) is 4.14. The number of benzene rings is 2. The number of rotatable bonds is 2. The third-order valence-electron chi connectivity index (χ3n) is 4.14. The van der Waals surface area contributed by atoms with Gasteiger partial charge in [-0.1, -0.05) is 42.5 Å². The van der Waals surface area contributed by atoms with E-state index in [0.717, 1.165) is 27.6 Å². The highest BCUT2D eigenvalue weighted by atomic mass is 16.5. The van der Waals surface area contributed by atoms with Crippen LogP contribution in [0.15, 0.2) is 60.9 Å². The number of para-hydroxylation sites is 1. The van der Waals surface area contributed by atoms with Gasteiger partial charge in [0.1, 0.15) is 5.75 Å². The van der Waals surface area contributed by atoms with Gasteiger partial charge in [0.2, 0.25) is 0 Å². The van der Waals surface area contributed by atoms with Gasteiger partial charge in [-0.05, 0) is 11.5 Å². The number of hydrogen-bond acceptors (Lipinski definition) is 3. The Balaban J connectivity index is 1.80.